The van der Waals surface area contributed by atoms with Crippen molar-refractivity contribution in [2.45, 2.75) is 19.4 Å². The number of hydrogen-bond donors (Lipinski definition) is 0. The molecular weight excluding hydrogens is 370 g/mol. The number of methoxy groups -OCH3 is 2. The molecule has 2 amide bonds. The van der Waals surface area contributed by atoms with Crippen LogP contribution in [0.5, 0.6) is 11.5 Å². The Kier molecular flexibility index (Phi) is 5.46. The van der Waals surface area contributed by atoms with Crippen LogP contribution in [0.3, 0.4) is 0 Å². The third kappa shape index (κ3) is 3.40. The molecule has 3 rings (SSSR count). The third-order valence-corrected chi connectivity index (χ3v) is 5.08. The van der Waals surface area contributed by atoms with Crippen molar-refractivity contribution in [3.05, 3.63) is 45.6 Å². The Morgan fingerprint density at radius 3 is 2.33 bits per heavy atom. The molecule has 2 heterocycles. The van der Waals surface area contributed by atoms with Crippen LogP contribution in [0, 0.1) is 0 Å². The lowest BCUT2D eigenvalue weighted by Gasteiger charge is -2.26. The first-order valence-electron chi connectivity index (χ1n) is 8.33. The number of carbonyl (C=O) groups is 3. The van der Waals surface area contributed by atoms with Crippen LogP contribution >= 0.6 is 11.3 Å². The van der Waals surface area contributed by atoms with Gasteiger partial charge in [0, 0.05) is 10.8 Å². The number of nitrogens with zero attached hydrogens (tertiary/aromatic N) is 1. The number of imide groups is 1. The maximum Gasteiger partial charge on any atom is 0.307 e. The second-order valence-electron chi connectivity index (χ2n) is 5.82. The number of esters is 1. The summed E-state index contributed by atoms with van der Waals surface area (Å²) in [7, 11) is 2.77. The Labute approximate surface area is 160 Å². The van der Waals surface area contributed by atoms with Gasteiger partial charge < -0.3 is 14.2 Å². The number of hydrogen-bond acceptors (Lipinski definition) is 7. The summed E-state index contributed by atoms with van der Waals surface area (Å²) in [5.74, 6) is -0.366. The summed E-state index contributed by atoms with van der Waals surface area (Å²) < 4.78 is 15.6. The lowest BCUT2D eigenvalue weighted by molar-refractivity contribution is -0.141. The molecule has 0 bridgehead atoms. The highest BCUT2D eigenvalue weighted by molar-refractivity contribution is 7.08. The van der Waals surface area contributed by atoms with Crippen LogP contribution < -0.4 is 9.47 Å². The quantitative estimate of drug-likeness (QED) is 0.535. The van der Waals surface area contributed by atoms with Gasteiger partial charge in [-0.15, -0.1) is 0 Å². The van der Waals surface area contributed by atoms with Crippen LogP contribution in [0.4, 0.5) is 0 Å². The van der Waals surface area contributed by atoms with Crippen LogP contribution in [-0.4, -0.2) is 43.5 Å². The summed E-state index contributed by atoms with van der Waals surface area (Å²) in [5, 5.41) is 3.28. The van der Waals surface area contributed by atoms with Gasteiger partial charge in [-0.2, -0.15) is 11.3 Å². The molecule has 0 N–H and O–H groups in total. The third-order valence-electron chi connectivity index (χ3n) is 4.33. The van der Waals surface area contributed by atoms with Gasteiger partial charge in [-0.1, -0.05) is 6.07 Å². The standard InChI is InChI=1S/C19H19NO6S/c1-4-26-15-6-5-11(7-16(15)24-2)14(8-17(21)25-3)20-18(22)12-9-27-10-13(12)19(20)23/h5-7,9-10,14H,4,8H2,1-3H3. The van der Waals surface area contributed by atoms with Gasteiger partial charge in [0.05, 0.1) is 44.4 Å². The first-order valence-corrected chi connectivity index (χ1v) is 9.27. The Morgan fingerprint density at radius 1 is 1.11 bits per heavy atom. The molecule has 1 aromatic carbocycles. The summed E-state index contributed by atoms with van der Waals surface area (Å²) in [4.78, 5) is 38.7. The van der Waals surface area contributed by atoms with Crippen molar-refractivity contribution >= 4 is 29.1 Å². The minimum Gasteiger partial charge on any atom is -0.493 e. The normalized spacial score (nSPS) is 14.1. The zero-order valence-electron chi connectivity index (χ0n) is 15.2. The van der Waals surface area contributed by atoms with E-state index in [9.17, 15) is 14.4 Å². The van der Waals surface area contributed by atoms with E-state index in [1.807, 2.05) is 6.92 Å². The highest BCUT2D eigenvalue weighted by atomic mass is 32.1. The van der Waals surface area contributed by atoms with Crippen LogP contribution in [0.15, 0.2) is 29.0 Å². The van der Waals surface area contributed by atoms with E-state index in [1.54, 1.807) is 29.0 Å². The average molecular weight is 389 g/mol. The maximum absolute atomic E-state index is 12.8. The molecule has 0 aliphatic carbocycles. The molecule has 0 saturated carbocycles. The lowest BCUT2D eigenvalue weighted by atomic mass is 10.0. The van der Waals surface area contributed by atoms with E-state index < -0.39 is 23.8 Å². The number of carbonyl (C=O) groups excluding carboxylic acids is 3. The molecule has 2 aromatic rings. The Hall–Kier alpha value is -2.87. The van der Waals surface area contributed by atoms with E-state index in [0.717, 1.165) is 4.90 Å². The van der Waals surface area contributed by atoms with Crippen molar-refractivity contribution in [1.29, 1.82) is 0 Å². The van der Waals surface area contributed by atoms with Crippen molar-refractivity contribution < 1.29 is 28.6 Å². The van der Waals surface area contributed by atoms with E-state index in [0.29, 0.717) is 34.8 Å². The topological polar surface area (TPSA) is 82.1 Å². The van der Waals surface area contributed by atoms with Gasteiger partial charge in [0.2, 0.25) is 0 Å². The molecule has 0 spiro atoms. The summed E-state index contributed by atoms with van der Waals surface area (Å²) in [5.41, 5.74) is 1.30. The zero-order valence-corrected chi connectivity index (χ0v) is 16.0. The molecule has 1 unspecified atom stereocenters. The number of amides is 2. The Morgan fingerprint density at radius 2 is 1.78 bits per heavy atom. The smallest absolute Gasteiger partial charge is 0.307 e. The minimum atomic E-state index is -0.806. The van der Waals surface area contributed by atoms with Crippen molar-refractivity contribution in [3.63, 3.8) is 0 Å². The fourth-order valence-corrected chi connectivity index (χ4v) is 3.82. The van der Waals surface area contributed by atoms with Gasteiger partial charge in [0.25, 0.3) is 11.8 Å². The highest BCUT2D eigenvalue weighted by Crippen LogP contribution is 2.38. The molecule has 0 fully saturated rings. The lowest BCUT2D eigenvalue weighted by Crippen LogP contribution is -2.35. The number of rotatable bonds is 7. The fraction of sp³-hybridized carbons (Fsp3) is 0.316. The van der Waals surface area contributed by atoms with Gasteiger partial charge in [0.15, 0.2) is 11.5 Å². The van der Waals surface area contributed by atoms with E-state index in [-0.39, 0.29) is 6.42 Å². The number of benzene rings is 1. The maximum atomic E-state index is 12.8. The first kappa shape index (κ1) is 18.9. The SMILES string of the molecule is CCOc1ccc(C(CC(=O)OC)N2C(=O)c3cscc3C2=O)cc1OC. The predicted molar refractivity (Wildman–Crippen MR) is 98.4 cm³/mol. The molecular formula is C19H19NO6S. The summed E-state index contributed by atoms with van der Waals surface area (Å²) >= 11 is 1.29. The van der Waals surface area contributed by atoms with E-state index in [1.165, 1.54) is 25.6 Å². The van der Waals surface area contributed by atoms with Crippen molar-refractivity contribution in [3.8, 4) is 11.5 Å². The molecule has 1 aliphatic rings. The molecule has 0 radical (unpaired) electrons. The van der Waals surface area contributed by atoms with Crippen molar-refractivity contribution in [1.82, 2.24) is 4.90 Å². The number of ether oxygens (including phenoxy) is 3. The first-order chi connectivity index (χ1) is 13.0. The van der Waals surface area contributed by atoms with Gasteiger partial charge in [-0.25, -0.2) is 0 Å². The second kappa shape index (κ2) is 7.79. The van der Waals surface area contributed by atoms with Crippen LogP contribution in [0.25, 0.3) is 0 Å². The summed E-state index contributed by atoms with van der Waals surface area (Å²) in [6.07, 6.45) is -0.154. The largest absolute Gasteiger partial charge is 0.493 e. The van der Waals surface area contributed by atoms with Gasteiger partial charge in [-0.05, 0) is 24.6 Å². The van der Waals surface area contributed by atoms with E-state index in [2.05, 4.69) is 0 Å². The van der Waals surface area contributed by atoms with Crippen LogP contribution in [-0.2, 0) is 9.53 Å². The number of fused-ring (bicyclic) bond motifs is 1. The van der Waals surface area contributed by atoms with Gasteiger partial charge in [-0.3, -0.25) is 19.3 Å². The second-order valence-corrected chi connectivity index (χ2v) is 6.56. The van der Waals surface area contributed by atoms with E-state index >= 15 is 0 Å². The van der Waals surface area contributed by atoms with Crippen LogP contribution in [0.1, 0.15) is 45.7 Å². The molecule has 1 aromatic heterocycles. The molecule has 142 valence electrons. The highest BCUT2D eigenvalue weighted by Gasteiger charge is 2.42. The Bertz CT molecular complexity index is 860. The monoisotopic (exact) mass is 389 g/mol. The molecule has 27 heavy (non-hydrogen) atoms. The minimum absolute atomic E-state index is 0.154. The van der Waals surface area contributed by atoms with Gasteiger partial charge >= 0.3 is 5.97 Å². The molecule has 1 atom stereocenters. The number of thiophene rings is 1. The molecule has 8 heteroatoms. The summed E-state index contributed by atoms with van der Waals surface area (Å²) in [6.45, 7) is 2.32. The summed E-state index contributed by atoms with van der Waals surface area (Å²) in [6, 6.07) is 4.28. The van der Waals surface area contributed by atoms with Gasteiger partial charge in [0.1, 0.15) is 0 Å². The zero-order chi connectivity index (χ0) is 19.6. The van der Waals surface area contributed by atoms with Crippen LogP contribution in [0.2, 0.25) is 0 Å². The van der Waals surface area contributed by atoms with E-state index in [4.69, 9.17) is 14.2 Å². The Balaban J connectivity index is 2.02. The fourth-order valence-electron chi connectivity index (χ4n) is 3.03. The molecule has 0 saturated heterocycles. The van der Waals surface area contributed by atoms with Crippen molar-refractivity contribution in [2.75, 3.05) is 20.8 Å². The predicted octanol–water partition coefficient (Wildman–Crippen LogP) is 3.06. The average Bonchev–Trinajstić information content (AvgIpc) is 3.24. The molecule has 1 aliphatic heterocycles. The molecule has 7 nitrogen and oxygen atoms in total. The van der Waals surface area contributed by atoms with Crippen molar-refractivity contribution in [2.24, 2.45) is 0 Å².